The van der Waals surface area contributed by atoms with Crippen molar-refractivity contribution in [2.24, 2.45) is 0 Å². The summed E-state index contributed by atoms with van der Waals surface area (Å²) in [5, 5.41) is 0. The Morgan fingerprint density at radius 3 is 1.54 bits per heavy atom. The first-order valence-corrected chi connectivity index (χ1v) is 9.74. The molecule has 0 atom stereocenters. The van der Waals surface area contributed by atoms with Gasteiger partial charge >= 0.3 is 0 Å². The second-order valence-electron chi connectivity index (χ2n) is 6.64. The summed E-state index contributed by atoms with van der Waals surface area (Å²) in [5.41, 5.74) is 3.50. The maximum absolute atomic E-state index is 3.31. The molecule has 0 N–H and O–H groups in total. The van der Waals surface area contributed by atoms with Gasteiger partial charge in [0.15, 0.2) is 0 Å². The molecule has 138 valence electrons. The Kier molecular flexibility index (Phi) is 7.98. The van der Waals surface area contributed by atoms with Gasteiger partial charge in [0.25, 0.3) is 0 Å². The summed E-state index contributed by atoms with van der Waals surface area (Å²) in [4.78, 5) is 2.33. The summed E-state index contributed by atoms with van der Waals surface area (Å²) < 4.78 is 0. The van der Waals surface area contributed by atoms with E-state index in [-0.39, 0.29) is 0 Å². The van der Waals surface area contributed by atoms with Crippen LogP contribution < -0.4 is 0 Å². The van der Waals surface area contributed by atoms with Crippen LogP contribution in [0.5, 0.6) is 0 Å². The van der Waals surface area contributed by atoms with E-state index in [4.69, 9.17) is 0 Å². The minimum atomic E-state index is 0.729. The Hall–Kier alpha value is -3.26. The van der Waals surface area contributed by atoms with E-state index < -0.39 is 0 Å². The first kappa shape index (κ1) is 19.5. The third-order valence-corrected chi connectivity index (χ3v) is 4.40. The summed E-state index contributed by atoms with van der Waals surface area (Å²) >= 11 is 0. The Morgan fingerprint density at radius 1 is 0.571 bits per heavy atom. The smallest absolute Gasteiger partial charge is 0.0613 e. The van der Waals surface area contributed by atoms with E-state index in [1.54, 1.807) is 0 Å². The molecule has 0 amide bonds. The van der Waals surface area contributed by atoms with Gasteiger partial charge in [-0.05, 0) is 42.7 Å². The van der Waals surface area contributed by atoms with E-state index in [1.807, 2.05) is 60.7 Å². The van der Waals surface area contributed by atoms with E-state index in [2.05, 4.69) is 58.9 Å². The van der Waals surface area contributed by atoms with E-state index in [1.165, 1.54) is 5.56 Å². The Morgan fingerprint density at radius 2 is 1.04 bits per heavy atom. The lowest BCUT2D eigenvalue weighted by Crippen LogP contribution is -2.26. The van der Waals surface area contributed by atoms with Gasteiger partial charge in [-0.3, -0.25) is 4.90 Å². The summed E-state index contributed by atoms with van der Waals surface area (Å²) in [7, 11) is 0. The Labute approximate surface area is 169 Å². The fourth-order valence-corrected chi connectivity index (χ4v) is 2.92. The van der Waals surface area contributed by atoms with E-state index >= 15 is 0 Å². The van der Waals surface area contributed by atoms with Crippen molar-refractivity contribution in [1.29, 1.82) is 0 Å². The van der Waals surface area contributed by atoms with Crippen molar-refractivity contribution in [3.63, 3.8) is 0 Å². The Bertz CT molecular complexity index is 879. The van der Waals surface area contributed by atoms with Crippen molar-refractivity contribution in [3.05, 3.63) is 108 Å². The molecule has 0 saturated carbocycles. The van der Waals surface area contributed by atoms with Crippen molar-refractivity contribution in [2.45, 2.75) is 12.8 Å². The van der Waals surface area contributed by atoms with Gasteiger partial charge in [0.05, 0.1) is 13.1 Å². The fourth-order valence-electron chi connectivity index (χ4n) is 2.92. The molecule has 0 aliphatic heterocycles. The number of hydrogen-bond acceptors (Lipinski definition) is 1. The van der Waals surface area contributed by atoms with Crippen LogP contribution in [-0.2, 0) is 6.42 Å². The molecule has 0 heterocycles. The monoisotopic (exact) mass is 363 g/mol. The fraction of sp³-hybridized carbons (Fsp3) is 0.185. The van der Waals surface area contributed by atoms with E-state index in [0.29, 0.717) is 0 Å². The zero-order valence-corrected chi connectivity index (χ0v) is 16.1. The second kappa shape index (κ2) is 11.5. The number of hydrogen-bond donors (Lipinski definition) is 0. The topological polar surface area (TPSA) is 3.24 Å². The quantitative estimate of drug-likeness (QED) is 0.556. The van der Waals surface area contributed by atoms with Gasteiger partial charge in [0.1, 0.15) is 0 Å². The highest BCUT2D eigenvalue weighted by molar-refractivity contribution is 5.35. The second-order valence-corrected chi connectivity index (χ2v) is 6.64. The van der Waals surface area contributed by atoms with Crippen LogP contribution in [0.3, 0.4) is 0 Å². The maximum atomic E-state index is 3.31. The van der Waals surface area contributed by atoms with Gasteiger partial charge < -0.3 is 0 Å². The highest BCUT2D eigenvalue weighted by Gasteiger charge is 2.02. The summed E-state index contributed by atoms with van der Waals surface area (Å²) in [6.07, 6.45) is 2.18. The predicted molar refractivity (Wildman–Crippen MR) is 118 cm³/mol. The number of benzene rings is 3. The average Bonchev–Trinajstić information content (AvgIpc) is 2.76. The van der Waals surface area contributed by atoms with Gasteiger partial charge in [0, 0.05) is 17.7 Å². The van der Waals surface area contributed by atoms with Gasteiger partial charge in [-0.15, -0.1) is 0 Å². The van der Waals surface area contributed by atoms with Crippen LogP contribution in [0.4, 0.5) is 0 Å². The van der Waals surface area contributed by atoms with Crippen LogP contribution in [0, 0.1) is 23.7 Å². The molecule has 0 radical (unpaired) electrons. The molecule has 1 heteroatoms. The molecule has 0 aromatic heterocycles. The highest BCUT2D eigenvalue weighted by Crippen LogP contribution is 2.04. The van der Waals surface area contributed by atoms with Crippen LogP contribution in [0.2, 0.25) is 0 Å². The number of nitrogens with zero attached hydrogens (tertiary/aromatic N) is 1. The van der Waals surface area contributed by atoms with E-state index in [0.717, 1.165) is 43.6 Å². The largest absolute Gasteiger partial charge is 0.281 e. The van der Waals surface area contributed by atoms with E-state index in [9.17, 15) is 0 Å². The van der Waals surface area contributed by atoms with Crippen molar-refractivity contribution in [2.75, 3.05) is 19.6 Å². The molecule has 3 rings (SSSR count). The molecule has 0 aliphatic carbocycles. The first-order valence-electron chi connectivity index (χ1n) is 9.74. The standard InChI is InChI=1S/C27H25N/c1-4-13-25(14-5-1)19-10-22-28(23-11-20-26-15-6-2-7-16-26)24-12-21-27-17-8-3-9-18-27/h1-9,13-18H,10,19,22-24H2. The first-order chi connectivity index (χ1) is 13.9. The summed E-state index contributed by atoms with van der Waals surface area (Å²) in [5.74, 6) is 13.1. The van der Waals surface area contributed by atoms with Crippen LogP contribution >= 0.6 is 0 Å². The molecule has 0 aliphatic rings. The molecule has 3 aromatic rings. The molecule has 1 nitrogen and oxygen atoms in total. The van der Waals surface area contributed by atoms with Crippen molar-refractivity contribution >= 4 is 0 Å². The average molecular weight is 364 g/mol. The van der Waals surface area contributed by atoms with Gasteiger partial charge in [-0.25, -0.2) is 0 Å². The van der Waals surface area contributed by atoms with Crippen molar-refractivity contribution in [3.8, 4) is 23.7 Å². The molecule has 0 saturated heterocycles. The lowest BCUT2D eigenvalue weighted by atomic mass is 10.1. The Balaban J connectivity index is 1.58. The minimum absolute atomic E-state index is 0.729. The zero-order valence-electron chi connectivity index (χ0n) is 16.1. The molecule has 28 heavy (non-hydrogen) atoms. The molecule has 0 bridgehead atoms. The molecule has 0 spiro atoms. The summed E-state index contributed by atoms with van der Waals surface area (Å²) in [6.45, 7) is 2.45. The molecular formula is C27H25N. The predicted octanol–water partition coefficient (Wildman–Crippen LogP) is 5.02. The SMILES string of the molecule is C(#Cc1ccccc1)CN(CC#Cc1ccccc1)CCCc1ccccc1. The normalized spacial score (nSPS) is 9.89. The van der Waals surface area contributed by atoms with Gasteiger partial charge in [-0.2, -0.15) is 0 Å². The maximum Gasteiger partial charge on any atom is 0.0613 e. The minimum Gasteiger partial charge on any atom is -0.281 e. The number of rotatable bonds is 6. The van der Waals surface area contributed by atoms with Gasteiger partial charge in [0.2, 0.25) is 0 Å². The van der Waals surface area contributed by atoms with Gasteiger partial charge in [-0.1, -0.05) is 90.4 Å². The third-order valence-electron chi connectivity index (χ3n) is 4.40. The molecule has 0 unspecified atom stereocenters. The lowest BCUT2D eigenvalue weighted by molar-refractivity contribution is 0.340. The van der Waals surface area contributed by atoms with Crippen LogP contribution in [0.1, 0.15) is 23.1 Å². The lowest BCUT2D eigenvalue weighted by Gasteiger charge is -2.16. The van der Waals surface area contributed by atoms with Crippen molar-refractivity contribution in [1.82, 2.24) is 4.90 Å². The number of aryl methyl sites for hydroxylation is 1. The summed E-state index contributed by atoms with van der Waals surface area (Å²) in [6, 6.07) is 30.9. The third kappa shape index (κ3) is 7.16. The highest BCUT2D eigenvalue weighted by atomic mass is 15.1. The molecular weight excluding hydrogens is 338 g/mol. The van der Waals surface area contributed by atoms with Crippen molar-refractivity contribution < 1.29 is 0 Å². The zero-order chi connectivity index (χ0) is 19.3. The van der Waals surface area contributed by atoms with Crippen LogP contribution in [-0.4, -0.2) is 24.5 Å². The van der Waals surface area contributed by atoms with Crippen LogP contribution in [0.25, 0.3) is 0 Å². The molecule has 3 aromatic carbocycles. The molecule has 0 fully saturated rings. The van der Waals surface area contributed by atoms with Crippen LogP contribution in [0.15, 0.2) is 91.0 Å².